The quantitative estimate of drug-likeness (QED) is 0.759. The third kappa shape index (κ3) is 4.01. The molecule has 23 heavy (non-hydrogen) atoms. The van der Waals surface area contributed by atoms with E-state index in [2.05, 4.69) is 8.56 Å². The molecule has 126 valence electrons. The molecule has 1 aromatic heterocycles. The molecule has 2 aromatic rings. The van der Waals surface area contributed by atoms with Crippen LogP contribution in [-0.4, -0.2) is 27.0 Å². The lowest BCUT2D eigenvalue weighted by molar-refractivity contribution is -0.134. The molecule has 0 saturated carbocycles. The monoisotopic (exact) mass is 367 g/mol. The van der Waals surface area contributed by atoms with Crippen LogP contribution in [0.25, 0.3) is 11.3 Å². The molecule has 0 N–H and O–H groups in total. The summed E-state index contributed by atoms with van der Waals surface area (Å²) in [6, 6.07) is 6.21. The molecule has 0 fully saturated rings. The Kier molecular flexibility index (Phi) is 4.97. The van der Waals surface area contributed by atoms with E-state index in [1.54, 1.807) is 12.1 Å². The number of halogens is 3. The summed E-state index contributed by atoms with van der Waals surface area (Å²) in [4.78, 5) is -1.06. The number of alkyl halides is 3. The van der Waals surface area contributed by atoms with Crippen molar-refractivity contribution in [1.82, 2.24) is 4.37 Å². The lowest BCUT2D eigenvalue weighted by Gasteiger charge is -2.09. The van der Waals surface area contributed by atoms with Crippen molar-refractivity contribution < 1.29 is 30.5 Å². The molecular formula is C13H12F3NO4S2. The van der Waals surface area contributed by atoms with Crippen LogP contribution in [0.4, 0.5) is 13.2 Å². The van der Waals surface area contributed by atoms with E-state index >= 15 is 0 Å². The zero-order chi connectivity index (χ0) is 17.3. The van der Waals surface area contributed by atoms with Crippen LogP contribution in [0, 0.1) is 0 Å². The van der Waals surface area contributed by atoms with Gasteiger partial charge in [-0.25, -0.2) is 0 Å². The SMILES string of the molecule is COc1cccc(-c2nsc(C(F)(F)F)c2CS(=O)(=O)OC)c1. The molecule has 10 heteroatoms. The standard InChI is InChI=1S/C13H12F3NO4S2/c1-20-9-5-3-4-8(6-9)11-10(7-23(18,19)21-2)12(22-17-11)13(14,15)16/h3-6H,7H2,1-2H3. The topological polar surface area (TPSA) is 65.5 Å². The van der Waals surface area contributed by atoms with Gasteiger partial charge >= 0.3 is 6.18 Å². The average molecular weight is 367 g/mol. The fourth-order valence-corrected chi connectivity index (χ4v) is 3.52. The first kappa shape index (κ1) is 17.7. The molecule has 5 nitrogen and oxygen atoms in total. The van der Waals surface area contributed by atoms with Gasteiger partial charge in [0.15, 0.2) is 0 Å². The molecular weight excluding hydrogens is 355 g/mol. The summed E-state index contributed by atoms with van der Waals surface area (Å²) in [5.74, 6) is -0.494. The molecule has 0 saturated heterocycles. The van der Waals surface area contributed by atoms with Gasteiger partial charge in [0.05, 0.1) is 19.9 Å². The van der Waals surface area contributed by atoms with Crippen LogP contribution in [0.15, 0.2) is 24.3 Å². The minimum absolute atomic E-state index is 0.0538. The summed E-state index contributed by atoms with van der Waals surface area (Å²) in [5.41, 5.74) is -0.156. The van der Waals surface area contributed by atoms with Crippen LogP contribution in [0.2, 0.25) is 0 Å². The second kappa shape index (κ2) is 6.46. The number of hydrogen-bond donors (Lipinski definition) is 0. The van der Waals surface area contributed by atoms with Crippen molar-refractivity contribution in [2.45, 2.75) is 11.9 Å². The molecule has 0 aliphatic rings. The predicted molar refractivity (Wildman–Crippen MR) is 78.7 cm³/mol. The van der Waals surface area contributed by atoms with E-state index in [-0.39, 0.29) is 17.2 Å². The molecule has 1 heterocycles. The van der Waals surface area contributed by atoms with Crippen molar-refractivity contribution in [3.63, 3.8) is 0 Å². The maximum atomic E-state index is 13.1. The zero-order valence-corrected chi connectivity index (χ0v) is 13.7. The van der Waals surface area contributed by atoms with Gasteiger partial charge in [-0.3, -0.25) is 4.18 Å². The lowest BCUT2D eigenvalue weighted by atomic mass is 10.1. The summed E-state index contributed by atoms with van der Waals surface area (Å²) in [6.07, 6.45) is -4.70. The summed E-state index contributed by atoms with van der Waals surface area (Å²) in [5, 5.41) is 0. The van der Waals surface area contributed by atoms with Gasteiger partial charge in [0.2, 0.25) is 0 Å². The van der Waals surface area contributed by atoms with E-state index in [9.17, 15) is 21.6 Å². The molecule has 0 bridgehead atoms. The van der Waals surface area contributed by atoms with Crippen LogP contribution < -0.4 is 4.74 Å². The number of methoxy groups -OCH3 is 1. The van der Waals surface area contributed by atoms with Gasteiger partial charge < -0.3 is 4.74 Å². The van der Waals surface area contributed by atoms with Gasteiger partial charge in [-0.1, -0.05) is 12.1 Å². The van der Waals surface area contributed by atoms with Crippen molar-refractivity contribution in [2.75, 3.05) is 14.2 Å². The Morgan fingerprint density at radius 3 is 2.52 bits per heavy atom. The van der Waals surface area contributed by atoms with Gasteiger partial charge in [-0.2, -0.15) is 26.0 Å². The second-order valence-electron chi connectivity index (χ2n) is 4.44. The third-order valence-corrected chi connectivity index (χ3v) is 5.05. The van der Waals surface area contributed by atoms with Crippen LogP contribution >= 0.6 is 11.5 Å². The predicted octanol–water partition coefficient (Wildman–Crippen LogP) is 3.31. The third-order valence-electron chi connectivity index (χ3n) is 2.96. The number of rotatable bonds is 5. The summed E-state index contributed by atoms with van der Waals surface area (Å²) >= 11 is 0.207. The average Bonchev–Trinajstić information content (AvgIpc) is 2.90. The molecule has 0 atom stereocenters. The fourth-order valence-electron chi connectivity index (χ4n) is 1.90. The Bertz CT molecular complexity index is 800. The Balaban J connectivity index is 2.62. The van der Waals surface area contributed by atoms with E-state index in [1.807, 2.05) is 0 Å². The Morgan fingerprint density at radius 1 is 1.26 bits per heavy atom. The number of nitrogens with zero attached hydrogens (tertiary/aromatic N) is 1. The van der Waals surface area contributed by atoms with Gasteiger partial charge in [0, 0.05) is 11.1 Å². The van der Waals surface area contributed by atoms with Crippen molar-refractivity contribution in [3.05, 3.63) is 34.7 Å². The highest BCUT2D eigenvalue weighted by Crippen LogP contribution is 2.41. The minimum atomic E-state index is -4.70. The van der Waals surface area contributed by atoms with Crippen LogP contribution in [0.5, 0.6) is 5.75 Å². The molecule has 0 aliphatic heterocycles. The Hall–Kier alpha value is -1.65. The van der Waals surface area contributed by atoms with Crippen LogP contribution in [-0.2, 0) is 26.2 Å². The molecule has 0 amide bonds. The van der Waals surface area contributed by atoms with Gasteiger partial charge in [0.25, 0.3) is 10.1 Å². The van der Waals surface area contributed by atoms with Crippen LogP contribution in [0.3, 0.4) is 0 Å². The highest BCUT2D eigenvalue weighted by Gasteiger charge is 2.39. The molecule has 0 radical (unpaired) electrons. The van der Waals surface area contributed by atoms with Crippen molar-refractivity contribution >= 4 is 21.7 Å². The van der Waals surface area contributed by atoms with Crippen LogP contribution in [0.1, 0.15) is 10.4 Å². The minimum Gasteiger partial charge on any atom is -0.497 e. The molecule has 2 rings (SSSR count). The van der Waals surface area contributed by atoms with Gasteiger partial charge in [-0.05, 0) is 23.7 Å². The van der Waals surface area contributed by atoms with E-state index in [0.29, 0.717) is 11.3 Å². The Morgan fingerprint density at radius 2 is 1.96 bits per heavy atom. The van der Waals surface area contributed by atoms with Crippen molar-refractivity contribution in [2.24, 2.45) is 0 Å². The van der Waals surface area contributed by atoms with E-state index < -0.39 is 32.5 Å². The summed E-state index contributed by atoms with van der Waals surface area (Å²) < 4.78 is 75.7. The van der Waals surface area contributed by atoms with Gasteiger partial charge in [0.1, 0.15) is 16.4 Å². The van der Waals surface area contributed by atoms with Gasteiger partial charge in [-0.15, -0.1) is 0 Å². The van der Waals surface area contributed by atoms with Crippen molar-refractivity contribution in [1.29, 1.82) is 0 Å². The zero-order valence-electron chi connectivity index (χ0n) is 12.0. The number of ether oxygens (including phenoxy) is 1. The van der Waals surface area contributed by atoms with E-state index in [4.69, 9.17) is 4.74 Å². The second-order valence-corrected chi connectivity index (χ2v) is 6.95. The van der Waals surface area contributed by atoms with Crippen molar-refractivity contribution in [3.8, 4) is 17.0 Å². The van der Waals surface area contributed by atoms with E-state index in [1.165, 1.54) is 19.2 Å². The first-order valence-electron chi connectivity index (χ1n) is 6.16. The fraction of sp³-hybridized carbons (Fsp3) is 0.308. The number of benzene rings is 1. The summed E-state index contributed by atoms with van der Waals surface area (Å²) in [7, 11) is -1.83. The van der Waals surface area contributed by atoms with E-state index in [0.717, 1.165) is 7.11 Å². The largest absolute Gasteiger partial charge is 0.497 e. The highest BCUT2D eigenvalue weighted by molar-refractivity contribution is 7.85. The first-order valence-corrected chi connectivity index (χ1v) is 8.51. The first-order chi connectivity index (χ1) is 10.7. The number of aromatic nitrogens is 1. The maximum absolute atomic E-state index is 13.1. The lowest BCUT2D eigenvalue weighted by Crippen LogP contribution is -2.12. The Labute approximate surface area is 135 Å². The molecule has 0 aliphatic carbocycles. The normalized spacial score (nSPS) is 12.4. The number of hydrogen-bond acceptors (Lipinski definition) is 6. The molecule has 1 aromatic carbocycles. The highest BCUT2D eigenvalue weighted by atomic mass is 32.2. The smallest absolute Gasteiger partial charge is 0.427 e. The summed E-state index contributed by atoms with van der Waals surface area (Å²) in [6.45, 7) is 0. The molecule has 0 spiro atoms. The maximum Gasteiger partial charge on any atom is 0.427 e. The molecule has 0 unspecified atom stereocenters.